The molecule has 0 unspecified atom stereocenters. The predicted octanol–water partition coefficient (Wildman–Crippen LogP) is 2.62. The first-order valence-electron chi connectivity index (χ1n) is 8.21. The number of hydrogen-bond donors (Lipinski definition) is 1. The van der Waals surface area contributed by atoms with E-state index < -0.39 is 0 Å². The van der Waals surface area contributed by atoms with Gasteiger partial charge in [-0.3, -0.25) is 15.0 Å². The standard InChI is InChI=1S/C19H19N5/c1-2-8-21-16(6-1)15-5-3-9-22-18(15)19-17(7-4-10-23-19)24-13-11-20-12-14-24/h1-10,20H,11-14H2. The van der Waals surface area contributed by atoms with Gasteiger partial charge in [0.25, 0.3) is 0 Å². The zero-order valence-electron chi connectivity index (χ0n) is 13.4. The van der Waals surface area contributed by atoms with Gasteiger partial charge in [0.1, 0.15) is 11.4 Å². The van der Waals surface area contributed by atoms with Gasteiger partial charge in [-0.2, -0.15) is 0 Å². The molecule has 120 valence electrons. The maximum atomic E-state index is 4.66. The van der Waals surface area contributed by atoms with Gasteiger partial charge >= 0.3 is 0 Å². The number of nitrogens with one attached hydrogen (secondary N) is 1. The molecule has 0 saturated carbocycles. The average Bonchev–Trinajstić information content (AvgIpc) is 2.69. The first-order chi connectivity index (χ1) is 11.9. The summed E-state index contributed by atoms with van der Waals surface area (Å²) in [5, 5.41) is 3.39. The lowest BCUT2D eigenvalue weighted by molar-refractivity contribution is 0.589. The molecule has 1 aliphatic heterocycles. The molecule has 3 aromatic heterocycles. The molecule has 5 heteroatoms. The Bertz CT molecular complexity index is 813. The van der Waals surface area contributed by atoms with Crippen LogP contribution in [0, 0.1) is 0 Å². The molecule has 0 aliphatic carbocycles. The summed E-state index contributed by atoms with van der Waals surface area (Å²) in [6, 6.07) is 14.0. The Morgan fingerprint density at radius 1 is 0.750 bits per heavy atom. The van der Waals surface area contributed by atoms with Crippen molar-refractivity contribution in [3.05, 3.63) is 61.1 Å². The van der Waals surface area contributed by atoms with Crippen LogP contribution in [0.4, 0.5) is 5.69 Å². The summed E-state index contributed by atoms with van der Waals surface area (Å²) in [6.45, 7) is 3.93. The molecule has 4 heterocycles. The molecule has 0 radical (unpaired) electrons. The fraction of sp³-hybridized carbons (Fsp3) is 0.211. The van der Waals surface area contributed by atoms with E-state index in [1.165, 1.54) is 0 Å². The summed E-state index contributed by atoms with van der Waals surface area (Å²) in [7, 11) is 0. The molecule has 4 rings (SSSR count). The summed E-state index contributed by atoms with van der Waals surface area (Å²) >= 11 is 0. The molecule has 24 heavy (non-hydrogen) atoms. The van der Waals surface area contributed by atoms with Crippen LogP contribution >= 0.6 is 0 Å². The molecule has 5 nitrogen and oxygen atoms in total. The van der Waals surface area contributed by atoms with Crippen molar-refractivity contribution in [1.29, 1.82) is 0 Å². The number of hydrogen-bond acceptors (Lipinski definition) is 5. The van der Waals surface area contributed by atoms with Crippen LogP contribution in [-0.4, -0.2) is 41.1 Å². The second kappa shape index (κ2) is 6.76. The van der Waals surface area contributed by atoms with Crippen molar-refractivity contribution in [2.24, 2.45) is 0 Å². The van der Waals surface area contributed by atoms with Gasteiger partial charge in [-0.25, -0.2) is 0 Å². The van der Waals surface area contributed by atoms with Crippen LogP contribution in [0.2, 0.25) is 0 Å². The highest BCUT2D eigenvalue weighted by molar-refractivity contribution is 5.83. The Morgan fingerprint density at radius 2 is 1.50 bits per heavy atom. The minimum Gasteiger partial charge on any atom is -0.367 e. The van der Waals surface area contributed by atoms with Crippen molar-refractivity contribution < 1.29 is 0 Å². The Balaban J connectivity index is 1.83. The van der Waals surface area contributed by atoms with Crippen LogP contribution < -0.4 is 10.2 Å². The molecular formula is C19H19N5. The molecule has 0 atom stereocenters. The van der Waals surface area contributed by atoms with Gasteiger partial charge in [0.2, 0.25) is 0 Å². The van der Waals surface area contributed by atoms with E-state index in [9.17, 15) is 0 Å². The predicted molar refractivity (Wildman–Crippen MR) is 95.8 cm³/mol. The summed E-state index contributed by atoms with van der Waals surface area (Å²) in [6.07, 6.45) is 5.46. The monoisotopic (exact) mass is 317 g/mol. The first-order valence-corrected chi connectivity index (χ1v) is 8.21. The van der Waals surface area contributed by atoms with Crippen molar-refractivity contribution in [2.45, 2.75) is 0 Å². The largest absolute Gasteiger partial charge is 0.367 e. The van der Waals surface area contributed by atoms with E-state index in [-0.39, 0.29) is 0 Å². The Hall–Kier alpha value is -2.79. The molecule has 0 aromatic carbocycles. The van der Waals surface area contributed by atoms with E-state index >= 15 is 0 Å². The molecule has 1 aliphatic rings. The van der Waals surface area contributed by atoms with Gasteiger partial charge < -0.3 is 10.2 Å². The number of rotatable bonds is 3. The third kappa shape index (κ3) is 2.86. The number of nitrogens with zero attached hydrogens (tertiary/aromatic N) is 4. The normalized spacial score (nSPS) is 14.6. The molecule has 1 saturated heterocycles. The van der Waals surface area contributed by atoms with E-state index in [1.807, 2.05) is 48.9 Å². The van der Waals surface area contributed by atoms with Crippen LogP contribution in [0.5, 0.6) is 0 Å². The minimum absolute atomic E-state index is 0.880. The summed E-state index contributed by atoms with van der Waals surface area (Å²) in [5.74, 6) is 0. The van der Waals surface area contributed by atoms with Crippen LogP contribution in [0.1, 0.15) is 0 Å². The maximum absolute atomic E-state index is 4.66. The topological polar surface area (TPSA) is 53.9 Å². The van der Waals surface area contributed by atoms with E-state index in [0.29, 0.717) is 0 Å². The fourth-order valence-electron chi connectivity index (χ4n) is 3.06. The Kier molecular flexibility index (Phi) is 4.16. The van der Waals surface area contributed by atoms with Gasteiger partial charge in [0.15, 0.2) is 0 Å². The maximum Gasteiger partial charge on any atom is 0.113 e. The lowest BCUT2D eigenvalue weighted by Gasteiger charge is -2.30. The van der Waals surface area contributed by atoms with E-state index in [1.54, 1.807) is 0 Å². The summed E-state index contributed by atoms with van der Waals surface area (Å²) in [5.41, 5.74) is 4.85. The number of aromatic nitrogens is 3. The molecule has 0 bridgehead atoms. The van der Waals surface area contributed by atoms with Crippen LogP contribution in [0.15, 0.2) is 61.1 Å². The molecule has 1 fully saturated rings. The van der Waals surface area contributed by atoms with Gasteiger partial charge in [0, 0.05) is 50.3 Å². The van der Waals surface area contributed by atoms with E-state index in [0.717, 1.165) is 54.5 Å². The smallest absolute Gasteiger partial charge is 0.113 e. The van der Waals surface area contributed by atoms with Gasteiger partial charge in [-0.15, -0.1) is 0 Å². The molecule has 0 spiro atoms. The first kappa shape index (κ1) is 14.8. The van der Waals surface area contributed by atoms with Crippen molar-refractivity contribution in [3.63, 3.8) is 0 Å². The molecule has 0 amide bonds. The van der Waals surface area contributed by atoms with Crippen LogP contribution in [0.3, 0.4) is 0 Å². The Labute approximate surface area is 141 Å². The van der Waals surface area contributed by atoms with Gasteiger partial charge in [-0.1, -0.05) is 6.07 Å². The average molecular weight is 317 g/mol. The minimum atomic E-state index is 0.880. The van der Waals surface area contributed by atoms with Crippen molar-refractivity contribution >= 4 is 5.69 Å². The second-order valence-corrected chi connectivity index (χ2v) is 5.72. The lowest BCUT2D eigenvalue weighted by Crippen LogP contribution is -2.43. The Morgan fingerprint density at radius 3 is 2.29 bits per heavy atom. The van der Waals surface area contributed by atoms with Crippen LogP contribution in [0.25, 0.3) is 22.6 Å². The van der Waals surface area contributed by atoms with Crippen molar-refractivity contribution in [3.8, 4) is 22.6 Å². The molecule has 3 aromatic rings. The van der Waals surface area contributed by atoms with E-state index in [4.69, 9.17) is 0 Å². The molecular weight excluding hydrogens is 298 g/mol. The second-order valence-electron chi connectivity index (χ2n) is 5.72. The van der Waals surface area contributed by atoms with Crippen molar-refractivity contribution in [2.75, 3.05) is 31.1 Å². The van der Waals surface area contributed by atoms with Gasteiger partial charge in [0.05, 0.1) is 11.4 Å². The highest BCUT2D eigenvalue weighted by Crippen LogP contribution is 2.33. The fourth-order valence-corrected chi connectivity index (χ4v) is 3.06. The van der Waals surface area contributed by atoms with E-state index in [2.05, 4.69) is 37.3 Å². The third-order valence-corrected chi connectivity index (χ3v) is 4.22. The SMILES string of the molecule is c1ccc(-c2cccnc2-c2ncccc2N2CCNCC2)nc1. The number of anilines is 1. The number of piperazine rings is 1. The zero-order chi connectivity index (χ0) is 16.2. The highest BCUT2D eigenvalue weighted by atomic mass is 15.2. The van der Waals surface area contributed by atoms with Crippen LogP contribution in [-0.2, 0) is 0 Å². The molecule has 1 N–H and O–H groups in total. The van der Waals surface area contributed by atoms with Gasteiger partial charge in [-0.05, 0) is 36.4 Å². The summed E-state index contributed by atoms with van der Waals surface area (Å²) in [4.78, 5) is 16.2. The zero-order valence-corrected chi connectivity index (χ0v) is 13.4. The quantitative estimate of drug-likeness (QED) is 0.805. The number of pyridine rings is 3. The highest BCUT2D eigenvalue weighted by Gasteiger charge is 2.19. The van der Waals surface area contributed by atoms with Crippen molar-refractivity contribution in [1.82, 2.24) is 20.3 Å². The summed E-state index contributed by atoms with van der Waals surface area (Å²) < 4.78 is 0. The lowest BCUT2D eigenvalue weighted by atomic mass is 10.0. The third-order valence-electron chi connectivity index (χ3n) is 4.22.